The molecule has 2 aliphatic rings. The SMILES string of the molecule is CC1=CCC2=C(C1)C(=O)CCC2=O. The standard InChI is InChI=1S/C11H12O2/c1-7-2-3-8-9(6-7)11(13)5-4-10(8)12/h2H,3-6H2,1H3. The van der Waals surface area contributed by atoms with Gasteiger partial charge >= 0.3 is 0 Å². The van der Waals surface area contributed by atoms with E-state index in [1.165, 1.54) is 5.57 Å². The first-order valence-electron chi connectivity index (χ1n) is 4.62. The Bertz CT molecular complexity index is 345. The smallest absolute Gasteiger partial charge is 0.160 e. The van der Waals surface area contributed by atoms with E-state index in [2.05, 4.69) is 6.08 Å². The van der Waals surface area contributed by atoms with E-state index in [0.717, 1.165) is 11.1 Å². The van der Waals surface area contributed by atoms with Crippen LogP contribution in [0.4, 0.5) is 0 Å². The molecule has 0 spiro atoms. The summed E-state index contributed by atoms with van der Waals surface area (Å²) < 4.78 is 0. The number of ketones is 2. The molecular formula is C11H12O2. The zero-order valence-electron chi connectivity index (χ0n) is 7.72. The Kier molecular flexibility index (Phi) is 1.91. The molecule has 0 aromatic rings. The fourth-order valence-electron chi connectivity index (χ4n) is 1.94. The summed E-state index contributed by atoms with van der Waals surface area (Å²) in [5, 5.41) is 0. The molecule has 0 fully saturated rings. The lowest BCUT2D eigenvalue weighted by Crippen LogP contribution is -2.21. The summed E-state index contributed by atoms with van der Waals surface area (Å²) in [6, 6.07) is 0. The predicted octanol–water partition coefficient (Wildman–Crippen LogP) is 1.96. The summed E-state index contributed by atoms with van der Waals surface area (Å²) >= 11 is 0. The molecule has 0 aromatic carbocycles. The van der Waals surface area contributed by atoms with E-state index in [0.29, 0.717) is 25.7 Å². The minimum Gasteiger partial charge on any atom is -0.295 e. The number of carbonyl (C=O) groups is 2. The fourth-order valence-corrected chi connectivity index (χ4v) is 1.94. The summed E-state index contributed by atoms with van der Waals surface area (Å²) in [5.41, 5.74) is 2.78. The number of hydrogen-bond acceptors (Lipinski definition) is 2. The van der Waals surface area contributed by atoms with Crippen LogP contribution in [0.5, 0.6) is 0 Å². The Morgan fingerprint density at radius 2 is 1.69 bits per heavy atom. The largest absolute Gasteiger partial charge is 0.295 e. The first-order valence-corrected chi connectivity index (χ1v) is 4.62. The van der Waals surface area contributed by atoms with Gasteiger partial charge in [0.2, 0.25) is 0 Å². The van der Waals surface area contributed by atoms with Crippen LogP contribution in [0.15, 0.2) is 22.8 Å². The first-order chi connectivity index (χ1) is 6.18. The van der Waals surface area contributed by atoms with Crippen molar-refractivity contribution in [3.8, 4) is 0 Å². The maximum atomic E-state index is 11.5. The van der Waals surface area contributed by atoms with Crippen LogP contribution in [-0.2, 0) is 9.59 Å². The average Bonchev–Trinajstić information content (AvgIpc) is 2.12. The number of hydrogen-bond donors (Lipinski definition) is 0. The van der Waals surface area contributed by atoms with Gasteiger partial charge in [0, 0.05) is 24.0 Å². The van der Waals surface area contributed by atoms with Crippen molar-refractivity contribution in [3.63, 3.8) is 0 Å². The van der Waals surface area contributed by atoms with Gasteiger partial charge in [-0.3, -0.25) is 9.59 Å². The molecule has 2 nitrogen and oxygen atoms in total. The van der Waals surface area contributed by atoms with Gasteiger partial charge in [0.1, 0.15) is 0 Å². The predicted molar refractivity (Wildman–Crippen MR) is 49.3 cm³/mol. The van der Waals surface area contributed by atoms with E-state index in [9.17, 15) is 9.59 Å². The Balaban J connectivity index is 2.39. The molecule has 0 amide bonds. The molecule has 0 aromatic heterocycles. The molecule has 2 aliphatic carbocycles. The highest BCUT2D eigenvalue weighted by atomic mass is 16.1. The van der Waals surface area contributed by atoms with Crippen molar-refractivity contribution in [2.75, 3.05) is 0 Å². The first kappa shape index (κ1) is 8.42. The molecule has 0 atom stereocenters. The fraction of sp³-hybridized carbons (Fsp3) is 0.455. The van der Waals surface area contributed by atoms with Gasteiger partial charge in [0.15, 0.2) is 11.6 Å². The number of carbonyl (C=O) groups excluding carboxylic acids is 2. The minimum absolute atomic E-state index is 0.179. The lowest BCUT2D eigenvalue weighted by atomic mass is 9.81. The van der Waals surface area contributed by atoms with Crippen LogP contribution in [-0.4, -0.2) is 11.6 Å². The molecule has 0 saturated carbocycles. The third kappa shape index (κ3) is 1.37. The van der Waals surface area contributed by atoms with Gasteiger partial charge < -0.3 is 0 Å². The lowest BCUT2D eigenvalue weighted by molar-refractivity contribution is -0.122. The molecule has 2 heteroatoms. The summed E-state index contributed by atoms with van der Waals surface area (Å²) in [6.45, 7) is 2.01. The third-order valence-corrected chi connectivity index (χ3v) is 2.73. The molecule has 0 radical (unpaired) electrons. The molecule has 13 heavy (non-hydrogen) atoms. The van der Waals surface area contributed by atoms with E-state index >= 15 is 0 Å². The lowest BCUT2D eigenvalue weighted by Gasteiger charge is -2.21. The van der Waals surface area contributed by atoms with Gasteiger partial charge in [0.05, 0.1) is 0 Å². The molecule has 0 unspecified atom stereocenters. The van der Waals surface area contributed by atoms with Crippen LogP contribution in [0.2, 0.25) is 0 Å². The molecule has 68 valence electrons. The Labute approximate surface area is 77.3 Å². The number of allylic oxidation sites excluding steroid dienone is 4. The van der Waals surface area contributed by atoms with Crippen molar-refractivity contribution in [1.29, 1.82) is 0 Å². The maximum absolute atomic E-state index is 11.5. The van der Waals surface area contributed by atoms with Crippen molar-refractivity contribution in [1.82, 2.24) is 0 Å². The van der Waals surface area contributed by atoms with Gasteiger partial charge in [-0.15, -0.1) is 0 Å². The Morgan fingerprint density at radius 1 is 1.08 bits per heavy atom. The van der Waals surface area contributed by atoms with Crippen LogP contribution in [0.3, 0.4) is 0 Å². The highest BCUT2D eigenvalue weighted by Gasteiger charge is 2.27. The van der Waals surface area contributed by atoms with Gasteiger partial charge in [-0.2, -0.15) is 0 Å². The van der Waals surface area contributed by atoms with E-state index in [1.54, 1.807) is 0 Å². The van der Waals surface area contributed by atoms with Crippen LogP contribution >= 0.6 is 0 Å². The second-order valence-electron chi connectivity index (χ2n) is 3.73. The summed E-state index contributed by atoms with van der Waals surface area (Å²) in [6.07, 6.45) is 4.26. The normalized spacial score (nSPS) is 23.0. The van der Waals surface area contributed by atoms with Crippen molar-refractivity contribution >= 4 is 11.6 Å². The zero-order valence-corrected chi connectivity index (χ0v) is 7.72. The molecule has 0 heterocycles. The highest BCUT2D eigenvalue weighted by molar-refractivity contribution is 6.12. The molecule has 2 rings (SSSR count). The van der Waals surface area contributed by atoms with Crippen molar-refractivity contribution in [3.05, 3.63) is 22.8 Å². The van der Waals surface area contributed by atoms with Crippen LogP contribution in [0.25, 0.3) is 0 Å². The molecular weight excluding hydrogens is 164 g/mol. The van der Waals surface area contributed by atoms with Crippen molar-refractivity contribution in [2.24, 2.45) is 0 Å². The monoisotopic (exact) mass is 176 g/mol. The molecule has 0 aliphatic heterocycles. The quantitative estimate of drug-likeness (QED) is 0.529. The summed E-state index contributed by atoms with van der Waals surface area (Å²) in [4.78, 5) is 22.9. The van der Waals surface area contributed by atoms with Crippen LogP contribution in [0, 0.1) is 0 Å². The van der Waals surface area contributed by atoms with E-state index in [1.807, 2.05) is 6.92 Å². The van der Waals surface area contributed by atoms with Crippen molar-refractivity contribution < 1.29 is 9.59 Å². The molecule has 0 bridgehead atoms. The maximum Gasteiger partial charge on any atom is 0.160 e. The van der Waals surface area contributed by atoms with Gasteiger partial charge in [-0.25, -0.2) is 0 Å². The topological polar surface area (TPSA) is 34.1 Å². The van der Waals surface area contributed by atoms with E-state index < -0.39 is 0 Å². The second kappa shape index (κ2) is 2.95. The van der Waals surface area contributed by atoms with Crippen LogP contribution < -0.4 is 0 Å². The Hall–Kier alpha value is -1.18. The second-order valence-corrected chi connectivity index (χ2v) is 3.73. The van der Waals surface area contributed by atoms with E-state index in [4.69, 9.17) is 0 Å². The minimum atomic E-state index is 0.179. The number of Topliss-reactive ketones (excluding diaryl/α,β-unsaturated/α-hetero) is 2. The highest BCUT2D eigenvalue weighted by Crippen LogP contribution is 2.30. The molecule has 0 N–H and O–H groups in total. The van der Waals surface area contributed by atoms with Gasteiger partial charge in [0.25, 0.3) is 0 Å². The van der Waals surface area contributed by atoms with E-state index in [-0.39, 0.29) is 11.6 Å². The third-order valence-electron chi connectivity index (χ3n) is 2.73. The number of rotatable bonds is 0. The van der Waals surface area contributed by atoms with Gasteiger partial charge in [-0.05, 0) is 19.8 Å². The van der Waals surface area contributed by atoms with Crippen molar-refractivity contribution in [2.45, 2.75) is 32.6 Å². The zero-order chi connectivity index (χ0) is 9.42. The summed E-state index contributed by atoms with van der Waals surface area (Å²) in [7, 11) is 0. The average molecular weight is 176 g/mol. The molecule has 0 saturated heterocycles. The summed E-state index contributed by atoms with van der Waals surface area (Å²) in [5.74, 6) is 0.361. The van der Waals surface area contributed by atoms with Crippen LogP contribution in [0.1, 0.15) is 32.6 Å². The van der Waals surface area contributed by atoms with Gasteiger partial charge in [-0.1, -0.05) is 11.6 Å². The Morgan fingerprint density at radius 3 is 2.38 bits per heavy atom.